The van der Waals surface area contributed by atoms with E-state index in [-0.39, 0.29) is 6.10 Å². The Morgan fingerprint density at radius 2 is 2.11 bits per heavy atom. The van der Waals surface area contributed by atoms with E-state index in [9.17, 15) is 4.79 Å². The first kappa shape index (κ1) is 14.4. The summed E-state index contributed by atoms with van der Waals surface area (Å²) in [5.74, 6) is 0.215. The van der Waals surface area contributed by atoms with Gasteiger partial charge in [0.05, 0.1) is 18.8 Å². The van der Waals surface area contributed by atoms with Crippen LogP contribution in [0.5, 0.6) is 5.75 Å². The predicted octanol–water partition coefficient (Wildman–Crippen LogP) is 2.93. The largest absolute Gasteiger partial charge is 0.491 e. The number of benzene rings is 1. The second-order valence-corrected chi connectivity index (χ2v) is 4.41. The molecular formula is C14H21NO3. The molecule has 1 aromatic carbocycles. The first-order valence-electron chi connectivity index (χ1n) is 6.14. The van der Waals surface area contributed by atoms with Gasteiger partial charge in [0, 0.05) is 5.69 Å². The van der Waals surface area contributed by atoms with E-state index in [2.05, 4.69) is 6.92 Å². The summed E-state index contributed by atoms with van der Waals surface area (Å²) in [6.45, 7) is 5.96. The number of esters is 1. The van der Waals surface area contributed by atoms with Gasteiger partial charge in [-0.25, -0.2) is 4.79 Å². The number of carbonyl (C=O) groups is 1. The van der Waals surface area contributed by atoms with Crippen molar-refractivity contribution in [1.29, 1.82) is 0 Å². The van der Waals surface area contributed by atoms with Crippen molar-refractivity contribution in [3.63, 3.8) is 0 Å². The van der Waals surface area contributed by atoms with Gasteiger partial charge >= 0.3 is 5.97 Å². The fourth-order valence-corrected chi connectivity index (χ4v) is 1.81. The topological polar surface area (TPSA) is 61.5 Å². The molecule has 1 aromatic rings. The van der Waals surface area contributed by atoms with E-state index in [0.717, 1.165) is 18.4 Å². The molecule has 1 rings (SSSR count). The number of anilines is 1. The van der Waals surface area contributed by atoms with Gasteiger partial charge in [-0.1, -0.05) is 13.3 Å². The standard InChI is InChI=1S/C14H21NO3/c1-5-6-10(3)18-11-7-9(2)13(15)12(8-11)14(16)17-4/h7-8,10H,5-6,15H2,1-4H3. The summed E-state index contributed by atoms with van der Waals surface area (Å²) in [6.07, 6.45) is 2.14. The number of rotatable bonds is 5. The maximum Gasteiger partial charge on any atom is 0.340 e. The highest BCUT2D eigenvalue weighted by atomic mass is 16.5. The molecule has 0 aliphatic heterocycles. The lowest BCUT2D eigenvalue weighted by atomic mass is 10.1. The van der Waals surface area contributed by atoms with Crippen molar-refractivity contribution in [2.75, 3.05) is 12.8 Å². The molecule has 1 atom stereocenters. The van der Waals surface area contributed by atoms with Crippen molar-refractivity contribution in [2.45, 2.75) is 39.7 Å². The molecule has 0 spiro atoms. The second kappa shape index (κ2) is 6.28. The smallest absolute Gasteiger partial charge is 0.340 e. The maximum atomic E-state index is 11.6. The normalized spacial score (nSPS) is 12.0. The van der Waals surface area contributed by atoms with Crippen molar-refractivity contribution >= 4 is 11.7 Å². The molecule has 0 aromatic heterocycles. The van der Waals surface area contributed by atoms with Gasteiger partial charge in [0.25, 0.3) is 0 Å². The quantitative estimate of drug-likeness (QED) is 0.645. The highest BCUT2D eigenvalue weighted by Gasteiger charge is 2.15. The Labute approximate surface area is 108 Å². The Bertz CT molecular complexity index is 429. The van der Waals surface area contributed by atoms with Crippen LogP contribution in [0, 0.1) is 6.92 Å². The van der Waals surface area contributed by atoms with Gasteiger partial charge in [-0.3, -0.25) is 0 Å². The lowest BCUT2D eigenvalue weighted by Gasteiger charge is -2.16. The molecule has 0 heterocycles. The van der Waals surface area contributed by atoms with Gasteiger partial charge < -0.3 is 15.2 Å². The average molecular weight is 251 g/mol. The predicted molar refractivity (Wildman–Crippen MR) is 71.9 cm³/mol. The first-order chi connectivity index (χ1) is 8.49. The molecule has 2 N–H and O–H groups in total. The van der Waals surface area contributed by atoms with Crippen LogP contribution >= 0.6 is 0 Å². The van der Waals surface area contributed by atoms with E-state index in [1.807, 2.05) is 19.9 Å². The van der Waals surface area contributed by atoms with Crippen LogP contribution in [0.2, 0.25) is 0 Å². The minimum absolute atomic E-state index is 0.114. The molecule has 18 heavy (non-hydrogen) atoms. The van der Waals surface area contributed by atoms with Gasteiger partial charge in [-0.2, -0.15) is 0 Å². The third kappa shape index (κ3) is 3.39. The van der Waals surface area contributed by atoms with Gasteiger partial charge in [0.15, 0.2) is 0 Å². The molecule has 4 heteroatoms. The maximum absolute atomic E-state index is 11.6. The van der Waals surface area contributed by atoms with Crippen LogP contribution in [0.4, 0.5) is 5.69 Å². The van der Waals surface area contributed by atoms with Crippen LogP contribution in [0.1, 0.15) is 42.6 Å². The van der Waals surface area contributed by atoms with Crippen molar-refractivity contribution in [3.05, 3.63) is 23.3 Å². The van der Waals surface area contributed by atoms with Crippen molar-refractivity contribution in [3.8, 4) is 5.75 Å². The molecule has 0 saturated carbocycles. The summed E-state index contributed by atoms with van der Waals surface area (Å²) in [5.41, 5.74) is 7.48. The zero-order chi connectivity index (χ0) is 13.7. The number of aryl methyl sites for hydroxylation is 1. The summed E-state index contributed by atoms with van der Waals surface area (Å²) in [7, 11) is 1.34. The number of nitrogen functional groups attached to an aromatic ring is 1. The Hall–Kier alpha value is -1.71. The average Bonchev–Trinajstić information content (AvgIpc) is 2.32. The molecule has 0 saturated heterocycles. The van der Waals surface area contributed by atoms with E-state index < -0.39 is 5.97 Å². The number of carbonyl (C=O) groups excluding carboxylic acids is 1. The summed E-state index contributed by atoms with van der Waals surface area (Å²) in [5, 5.41) is 0. The Balaban J connectivity index is 3.01. The van der Waals surface area contributed by atoms with Gasteiger partial charge in [0.2, 0.25) is 0 Å². The molecule has 0 radical (unpaired) electrons. The molecule has 100 valence electrons. The summed E-state index contributed by atoms with van der Waals surface area (Å²) >= 11 is 0. The Kier molecular flexibility index (Phi) is 5.01. The van der Waals surface area contributed by atoms with Crippen molar-refractivity contribution in [1.82, 2.24) is 0 Å². The molecule has 0 bridgehead atoms. The molecule has 1 unspecified atom stereocenters. The SMILES string of the molecule is CCCC(C)Oc1cc(C)c(N)c(C(=O)OC)c1. The number of methoxy groups -OCH3 is 1. The van der Waals surface area contributed by atoms with Gasteiger partial charge in [-0.05, 0) is 38.0 Å². The molecular weight excluding hydrogens is 230 g/mol. The van der Waals surface area contributed by atoms with E-state index in [4.69, 9.17) is 15.2 Å². The minimum atomic E-state index is -0.441. The van der Waals surface area contributed by atoms with Crippen molar-refractivity contribution in [2.24, 2.45) is 0 Å². The highest BCUT2D eigenvalue weighted by Crippen LogP contribution is 2.26. The molecule has 0 amide bonds. The Morgan fingerprint density at radius 1 is 1.44 bits per heavy atom. The Morgan fingerprint density at radius 3 is 2.67 bits per heavy atom. The lowest BCUT2D eigenvalue weighted by Crippen LogP contribution is -2.13. The summed E-state index contributed by atoms with van der Waals surface area (Å²) in [4.78, 5) is 11.6. The van der Waals surface area contributed by atoms with Crippen LogP contribution in [-0.2, 0) is 4.74 Å². The number of ether oxygens (including phenoxy) is 2. The lowest BCUT2D eigenvalue weighted by molar-refractivity contribution is 0.0601. The summed E-state index contributed by atoms with van der Waals surface area (Å²) < 4.78 is 10.5. The first-order valence-corrected chi connectivity index (χ1v) is 6.14. The third-order valence-corrected chi connectivity index (χ3v) is 2.80. The van der Waals surface area contributed by atoms with E-state index in [1.165, 1.54) is 7.11 Å². The van der Waals surface area contributed by atoms with E-state index in [1.54, 1.807) is 6.07 Å². The monoisotopic (exact) mass is 251 g/mol. The fraction of sp³-hybridized carbons (Fsp3) is 0.500. The third-order valence-electron chi connectivity index (χ3n) is 2.80. The van der Waals surface area contributed by atoms with Crippen LogP contribution in [0.15, 0.2) is 12.1 Å². The van der Waals surface area contributed by atoms with Crippen LogP contribution in [0.25, 0.3) is 0 Å². The van der Waals surface area contributed by atoms with E-state index in [0.29, 0.717) is 17.0 Å². The highest BCUT2D eigenvalue weighted by molar-refractivity contribution is 5.96. The number of nitrogens with two attached hydrogens (primary N) is 1. The zero-order valence-corrected chi connectivity index (χ0v) is 11.4. The zero-order valence-electron chi connectivity index (χ0n) is 11.4. The summed E-state index contributed by atoms with van der Waals surface area (Å²) in [6, 6.07) is 3.48. The van der Waals surface area contributed by atoms with Crippen LogP contribution < -0.4 is 10.5 Å². The molecule has 0 aliphatic rings. The fourth-order valence-electron chi connectivity index (χ4n) is 1.81. The number of hydrogen-bond donors (Lipinski definition) is 1. The van der Waals surface area contributed by atoms with Gasteiger partial charge in [0.1, 0.15) is 5.75 Å². The van der Waals surface area contributed by atoms with Crippen LogP contribution in [-0.4, -0.2) is 19.2 Å². The molecule has 4 nitrogen and oxygen atoms in total. The molecule has 0 aliphatic carbocycles. The van der Waals surface area contributed by atoms with Crippen molar-refractivity contribution < 1.29 is 14.3 Å². The van der Waals surface area contributed by atoms with Crippen LogP contribution in [0.3, 0.4) is 0 Å². The second-order valence-electron chi connectivity index (χ2n) is 4.41. The van der Waals surface area contributed by atoms with Gasteiger partial charge in [-0.15, -0.1) is 0 Å². The van der Waals surface area contributed by atoms with E-state index >= 15 is 0 Å². The molecule has 0 fully saturated rings. The minimum Gasteiger partial charge on any atom is -0.491 e. The number of hydrogen-bond acceptors (Lipinski definition) is 4.